The summed E-state index contributed by atoms with van der Waals surface area (Å²) in [6.07, 6.45) is 0. The Kier molecular flexibility index (Phi) is 7.17. The molecule has 1 aliphatic rings. The number of hydrogen-bond donors (Lipinski definition) is 0. The van der Waals surface area contributed by atoms with Crippen LogP contribution in [0.2, 0.25) is 5.02 Å². The number of nitrogens with zero attached hydrogens (tertiary/aromatic N) is 3. The summed E-state index contributed by atoms with van der Waals surface area (Å²) in [5.41, 5.74) is 0.102. The van der Waals surface area contributed by atoms with Crippen LogP contribution in [-0.4, -0.2) is 67.9 Å². The van der Waals surface area contributed by atoms with Gasteiger partial charge in [0.05, 0.1) is 23.1 Å². The van der Waals surface area contributed by atoms with E-state index < -0.39 is 10.0 Å². The molecular formula is C20H24ClN3O5S. The van der Waals surface area contributed by atoms with E-state index in [1.54, 1.807) is 29.2 Å². The highest BCUT2D eigenvalue weighted by Crippen LogP contribution is 2.23. The molecule has 1 aliphatic heterocycles. The van der Waals surface area contributed by atoms with E-state index >= 15 is 0 Å². The van der Waals surface area contributed by atoms with Crippen LogP contribution in [0.5, 0.6) is 11.6 Å². The molecule has 0 aliphatic carbocycles. The first kappa shape index (κ1) is 22.3. The van der Waals surface area contributed by atoms with Gasteiger partial charge < -0.3 is 14.4 Å². The van der Waals surface area contributed by atoms with E-state index in [0.29, 0.717) is 24.8 Å². The second-order valence-corrected chi connectivity index (χ2v) is 8.86. The van der Waals surface area contributed by atoms with Crippen LogP contribution >= 0.6 is 11.6 Å². The van der Waals surface area contributed by atoms with Crippen LogP contribution in [0.15, 0.2) is 41.3 Å². The van der Waals surface area contributed by atoms with Crippen LogP contribution in [0.1, 0.15) is 24.3 Å². The van der Waals surface area contributed by atoms with E-state index in [4.69, 9.17) is 21.1 Å². The molecule has 1 amide bonds. The van der Waals surface area contributed by atoms with Gasteiger partial charge in [0.1, 0.15) is 5.75 Å². The molecule has 0 saturated carbocycles. The first-order valence-electron chi connectivity index (χ1n) is 9.68. The third-order valence-electron chi connectivity index (χ3n) is 4.61. The number of piperazine rings is 1. The topological polar surface area (TPSA) is 89.0 Å². The van der Waals surface area contributed by atoms with Gasteiger partial charge in [-0.15, -0.1) is 0 Å². The van der Waals surface area contributed by atoms with Crippen molar-refractivity contribution in [3.05, 3.63) is 47.1 Å². The normalized spacial score (nSPS) is 15.1. The van der Waals surface area contributed by atoms with Crippen LogP contribution in [0, 0.1) is 0 Å². The van der Waals surface area contributed by atoms with Crippen molar-refractivity contribution in [3.8, 4) is 11.6 Å². The van der Waals surface area contributed by atoms with E-state index in [2.05, 4.69) is 4.98 Å². The lowest BCUT2D eigenvalue weighted by atomic mass is 10.2. The van der Waals surface area contributed by atoms with E-state index in [9.17, 15) is 13.2 Å². The molecule has 162 valence electrons. The third kappa shape index (κ3) is 4.85. The zero-order chi connectivity index (χ0) is 21.7. The zero-order valence-electron chi connectivity index (χ0n) is 16.9. The van der Waals surface area contributed by atoms with Gasteiger partial charge >= 0.3 is 0 Å². The Labute approximate surface area is 181 Å². The Morgan fingerprint density at radius 2 is 1.63 bits per heavy atom. The molecule has 1 aromatic heterocycles. The maximum absolute atomic E-state index is 12.9. The van der Waals surface area contributed by atoms with Gasteiger partial charge in [-0.25, -0.2) is 13.4 Å². The van der Waals surface area contributed by atoms with E-state index in [0.717, 1.165) is 0 Å². The number of ether oxygens (including phenoxy) is 2. The summed E-state index contributed by atoms with van der Waals surface area (Å²) in [6.45, 7) is 5.47. The molecule has 1 saturated heterocycles. The van der Waals surface area contributed by atoms with Gasteiger partial charge in [-0.05, 0) is 44.2 Å². The van der Waals surface area contributed by atoms with Crippen molar-refractivity contribution in [2.45, 2.75) is 18.7 Å². The van der Waals surface area contributed by atoms with Gasteiger partial charge in [0.25, 0.3) is 5.91 Å². The molecular weight excluding hydrogens is 430 g/mol. The van der Waals surface area contributed by atoms with Gasteiger partial charge in [0, 0.05) is 32.2 Å². The minimum absolute atomic E-state index is 0.102. The SMILES string of the molecule is CCOc1ccc(S(=O)(=O)N2CCN(C(=O)c3nc(OCC)ccc3Cl)CC2)cc1. The van der Waals surface area contributed by atoms with Crippen LogP contribution in [-0.2, 0) is 10.0 Å². The molecule has 0 radical (unpaired) electrons. The maximum atomic E-state index is 12.9. The van der Waals surface area contributed by atoms with Gasteiger partial charge in [0.15, 0.2) is 5.69 Å². The highest BCUT2D eigenvalue weighted by molar-refractivity contribution is 7.89. The number of benzene rings is 1. The smallest absolute Gasteiger partial charge is 0.274 e. The van der Waals surface area contributed by atoms with Crippen LogP contribution in [0.4, 0.5) is 0 Å². The number of halogens is 1. The van der Waals surface area contributed by atoms with Crippen molar-refractivity contribution in [1.82, 2.24) is 14.2 Å². The number of carbonyl (C=O) groups excluding carboxylic acids is 1. The number of amides is 1. The van der Waals surface area contributed by atoms with Gasteiger partial charge in [0.2, 0.25) is 15.9 Å². The molecule has 0 unspecified atom stereocenters. The molecule has 2 heterocycles. The second-order valence-electron chi connectivity index (χ2n) is 6.51. The predicted octanol–water partition coefficient (Wildman–Crippen LogP) is 2.68. The Bertz CT molecular complexity index is 990. The predicted molar refractivity (Wildman–Crippen MR) is 113 cm³/mol. The van der Waals surface area contributed by atoms with E-state index in [1.165, 1.54) is 16.4 Å². The summed E-state index contributed by atoms with van der Waals surface area (Å²) in [6, 6.07) is 9.50. The van der Waals surface area contributed by atoms with Crippen molar-refractivity contribution in [1.29, 1.82) is 0 Å². The summed E-state index contributed by atoms with van der Waals surface area (Å²) >= 11 is 6.14. The molecule has 0 atom stereocenters. The molecule has 2 aromatic rings. The van der Waals surface area contributed by atoms with Crippen molar-refractivity contribution in [3.63, 3.8) is 0 Å². The molecule has 0 N–H and O–H groups in total. The lowest BCUT2D eigenvalue weighted by Crippen LogP contribution is -2.50. The first-order chi connectivity index (χ1) is 14.4. The largest absolute Gasteiger partial charge is 0.494 e. The molecule has 1 aromatic carbocycles. The average molecular weight is 454 g/mol. The fourth-order valence-electron chi connectivity index (χ4n) is 3.11. The second kappa shape index (κ2) is 9.63. The molecule has 0 bridgehead atoms. The number of aromatic nitrogens is 1. The Balaban J connectivity index is 1.68. The number of carbonyl (C=O) groups is 1. The summed E-state index contributed by atoms with van der Waals surface area (Å²) in [5.74, 6) is 0.590. The fourth-order valence-corrected chi connectivity index (χ4v) is 4.72. The molecule has 0 spiro atoms. The van der Waals surface area contributed by atoms with E-state index in [1.807, 2.05) is 13.8 Å². The summed E-state index contributed by atoms with van der Waals surface area (Å²) in [5, 5.41) is 0.230. The van der Waals surface area contributed by atoms with Crippen LogP contribution < -0.4 is 9.47 Å². The number of pyridine rings is 1. The Morgan fingerprint density at radius 3 is 2.23 bits per heavy atom. The highest BCUT2D eigenvalue weighted by atomic mass is 35.5. The number of rotatable bonds is 7. The quantitative estimate of drug-likeness (QED) is 0.640. The van der Waals surface area contributed by atoms with Gasteiger partial charge in [-0.3, -0.25) is 4.79 Å². The summed E-state index contributed by atoms with van der Waals surface area (Å²) < 4.78 is 37.9. The monoisotopic (exact) mass is 453 g/mol. The maximum Gasteiger partial charge on any atom is 0.274 e. The minimum atomic E-state index is -3.65. The number of hydrogen-bond acceptors (Lipinski definition) is 6. The lowest BCUT2D eigenvalue weighted by Gasteiger charge is -2.34. The van der Waals surface area contributed by atoms with Crippen molar-refractivity contribution in [2.75, 3.05) is 39.4 Å². The molecule has 30 heavy (non-hydrogen) atoms. The first-order valence-corrected chi connectivity index (χ1v) is 11.5. The summed E-state index contributed by atoms with van der Waals surface area (Å²) in [4.78, 5) is 18.8. The zero-order valence-corrected chi connectivity index (χ0v) is 18.4. The van der Waals surface area contributed by atoms with Gasteiger partial charge in [-0.2, -0.15) is 4.31 Å². The molecule has 8 nitrogen and oxygen atoms in total. The van der Waals surface area contributed by atoms with Crippen molar-refractivity contribution >= 4 is 27.5 Å². The van der Waals surface area contributed by atoms with E-state index in [-0.39, 0.29) is 47.7 Å². The minimum Gasteiger partial charge on any atom is -0.494 e. The highest BCUT2D eigenvalue weighted by Gasteiger charge is 2.31. The van der Waals surface area contributed by atoms with Crippen LogP contribution in [0.3, 0.4) is 0 Å². The summed E-state index contributed by atoms with van der Waals surface area (Å²) in [7, 11) is -3.65. The molecule has 10 heteroatoms. The average Bonchev–Trinajstić information content (AvgIpc) is 2.75. The van der Waals surface area contributed by atoms with Crippen molar-refractivity contribution in [2.24, 2.45) is 0 Å². The van der Waals surface area contributed by atoms with Crippen LogP contribution in [0.25, 0.3) is 0 Å². The molecule has 1 fully saturated rings. The van der Waals surface area contributed by atoms with Crippen molar-refractivity contribution < 1.29 is 22.7 Å². The molecule has 3 rings (SSSR count). The third-order valence-corrected chi connectivity index (χ3v) is 6.83. The fraction of sp³-hybridized carbons (Fsp3) is 0.400. The Hall–Kier alpha value is -2.36. The standard InChI is InChI=1S/C20H24ClN3O5S/c1-3-28-15-5-7-16(8-6-15)30(26,27)24-13-11-23(12-14-24)20(25)19-17(21)9-10-18(22-19)29-4-2/h5-10H,3-4,11-14H2,1-2H3. The number of sulfonamides is 1. The Morgan fingerprint density at radius 1 is 1.00 bits per heavy atom. The lowest BCUT2D eigenvalue weighted by molar-refractivity contribution is 0.0691. The van der Waals surface area contributed by atoms with Gasteiger partial charge in [-0.1, -0.05) is 11.6 Å².